The van der Waals surface area contributed by atoms with Gasteiger partial charge in [-0.15, -0.1) is 0 Å². The van der Waals surface area contributed by atoms with E-state index in [0.29, 0.717) is 19.0 Å². The first-order valence-corrected chi connectivity index (χ1v) is 4.71. The highest BCUT2D eigenvalue weighted by molar-refractivity contribution is 5.76. The van der Waals surface area contributed by atoms with Gasteiger partial charge in [-0.05, 0) is 31.7 Å². The van der Waals surface area contributed by atoms with Crippen LogP contribution in [0.25, 0.3) is 0 Å². The molecule has 0 radical (unpaired) electrons. The van der Waals surface area contributed by atoms with Gasteiger partial charge in [-0.3, -0.25) is 4.79 Å². The molecule has 12 heavy (non-hydrogen) atoms. The van der Waals surface area contributed by atoms with Crippen LogP contribution in [-0.4, -0.2) is 18.5 Å². The third-order valence-corrected chi connectivity index (χ3v) is 2.35. The highest BCUT2D eigenvalue weighted by Crippen LogP contribution is 2.26. The van der Waals surface area contributed by atoms with Crippen molar-refractivity contribution in [2.45, 2.75) is 38.6 Å². The Labute approximate surface area is 73.7 Å². The topological polar surface area (TPSA) is 55.1 Å². The monoisotopic (exact) mass is 170 g/mol. The standard InChI is InChI=1S/C9H18N2O/c1-7-5-8(6-7)11-9(12)3-2-4-10/h7-8H,2-6,10H2,1H3,(H,11,12). The molecule has 0 aromatic rings. The normalized spacial score (nSPS) is 27.8. The van der Waals surface area contributed by atoms with Gasteiger partial charge in [0, 0.05) is 12.5 Å². The third-order valence-electron chi connectivity index (χ3n) is 2.35. The van der Waals surface area contributed by atoms with Crippen LogP contribution in [0.1, 0.15) is 32.6 Å². The van der Waals surface area contributed by atoms with Crippen molar-refractivity contribution in [3.63, 3.8) is 0 Å². The quantitative estimate of drug-likeness (QED) is 0.650. The summed E-state index contributed by atoms with van der Waals surface area (Å²) < 4.78 is 0. The van der Waals surface area contributed by atoms with Crippen LogP contribution in [0, 0.1) is 5.92 Å². The number of hydrogen-bond acceptors (Lipinski definition) is 2. The molecule has 3 heteroatoms. The molecule has 0 bridgehead atoms. The van der Waals surface area contributed by atoms with Gasteiger partial charge in [0.25, 0.3) is 0 Å². The molecule has 1 fully saturated rings. The Morgan fingerprint density at radius 2 is 2.25 bits per heavy atom. The van der Waals surface area contributed by atoms with E-state index in [1.54, 1.807) is 0 Å². The van der Waals surface area contributed by atoms with Crippen molar-refractivity contribution in [2.24, 2.45) is 11.7 Å². The van der Waals surface area contributed by atoms with Crippen molar-refractivity contribution >= 4 is 5.91 Å². The molecule has 1 saturated carbocycles. The highest BCUT2D eigenvalue weighted by Gasteiger charge is 2.25. The van der Waals surface area contributed by atoms with Crippen molar-refractivity contribution < 1.29 is 4.79 Å². The van der Waals surface area contributed by atoms with E-state index in [2.05, 4.69) is 12.2 Å². The molecular formula is C9H18N2O. The Bertz CT molecular complexity index is 153. The largest absolute Gasteiger partial charge is 0.353 e. The van der Waals surface area contributed by atoms with Gasteiger partial charge in [-0.2, -0.15) is 0 Å². The van der Waals surface area contributed by atoms with E-state index in [1.165, 1.54) is 0 Å². The van der Waals surface area contributed by atoms with Crippen LogP contribution in [0.4, 0.5) is 0 Å². The summed E-state index contributed by atoms with van der Waals surface area (Å²) in [5.41, 5.74) is 5.30. The molecule has 0 spiro atoms. The molecule has 3 N–H and O–H groups in total. The van der Waals surface area contributed by atoms with E-state index in [0.717, 1.165) is 25.2 Å². The maximum Gasteiger partial charge on any atom is 0.220 e. The average molecular weight is 170 g/mol. The molecule has 1 rings (SSSR count). The molecule has 0 saturated heterocycles. The third kappa shape index (κ3) is 2.81. The lowest BCUT2D eigenvalue weighted by Crippen LogP contribution is -2.43. The van der Waals surface area contributed by atoms with Crippen LogP contribution in [0.15, 0.2) is 0 Å². The maximum absolute atomic E-state index is 11.1. The molecule has 70 valence electrons. The Morgan fingerprint density at radius 3 is 2.75 bits per heavy atom. The molecule has 1 amide bonds. The highest BCUT2D eigenvalue weighted by atomic mass is 16.1. The lowest BCUT2D eigenvalue weighted by molar-refractivity contribution is -0.122. The molecule has 0 atom stereocenters. The molecule has 0 heterocycles. The maximum atomic E-state index is 11.1. The van der Waals surface area contributed by atoms with E-state index >= 15 is 0 Å². The van der Waals surface area contributed by atoms with Gasteiger partial charge < -0.3 is 11.1 Å². The van der Waals surface area contributed by atoms with Gasteiger partial charge in [-0.1, -0.05) is 6.92 Å². The van der Waals surface area contributed by atoms with Crippen molar-refractivity contribution in [3.05, 3.63) is 0 Å². The van der Waals surface area contributed by atoms with Gasteiger partial charge in [0.1, 0.15) is 0 Å². The number of nitrogens with two attached hydrogens (primary N) is 1. The van der Waals surface area contributed by atoms with Gasteiger partial charge in [0.2, 0.25) is 5.91 Å². The number of carbonyl (C=O) groups is 1. The average Bonchev–Trinajstić information content (AvgIpc) is 1.98. The zero-order chi connectivity index (χ0) is 8.97. The number of nitrogens with one attached hydrogen (secondary N) is 1. The van der Waals surface area contributed by atoms with E-state index in [9.17, 15) is 4.79 Å². The summed E-state index contributed by atoms with van der Waals surface area (Å²) in [6.07, 6.45) is 3.68. The minimum Gasteiger partial charge on any atom is -0.353 e. The van der Waals surface area contributed by atoms with Gasteiger partial charge >= 0.3 is 0 Å². The molecule has 1 aliphatic carbocycles. The Kier molecular flexibility index (Phi) is 3.53. The van der Waals surface area contributed by atoms with E-state index in [4.69, 9.17) is 5.73 Å². The summed E-state index contributed by atoms with van der Waals surface area (Å²) in [7, 11) is 0. The van der Waals surface area contributed by atoms with Crippen molar-refractivity contribution in [1.82, 2.24) is 5.32 Å². The second kappa shape index (κ2) is 4.45. The van der Waals surface area contributed by atoms with Crippen LogP contribution < -0.4 is 11.1 Å². The second-order valence-electron chi connectivity index (χ2n) is 3.73. The zero-order valence-electron chi connectivity index (χ0n) is 7.68. The van der Waals surface area contributed by atoms with E-state index in [1.807, 2.05) is 0 Å². The van der Waals surface area contributed by atoms with E-state index < -0.39 is 0 Å². The molecule has 0 aromatic heterocycles. The predicted octanol–water partition coefficient (Wildman–Crippen LogP) is 0.640. The van der Waals surface area contributed by atoms with Crippen LogP contribution in [0.3, 0.4) is 0 Å². The molecule has 0 aromatic carbocycles. The minimum absolute atomic E-state index is 0.164. The molecule has 0 aliphatic heterocycles. The number of rotatable bonds is 4. The molecule has 3 nitrogen and oxygen atoms in total. The number of amides is 1. The zero-order valence-corrected chi connectivity index (χ0v) is 7.68. The first-order chi connectivity index (χ1) is 5.72. The summed E-state index contributed by atoms with van der Waals surface area (Å²) in [5, 5.41) is 2.99. The number of hydrogen-bond donors (Lipinski definition) is 2. The Morgan fingerprint density at radius 1 is 1.58 bits per heavy atom. The molecule has 0 unspecified atom stereocenters. The smallest absolute Gasteiger partial charge is 0.220 e. The van der Waals surface area contributed by atoms with Crippen molar-refractivity contribution in [1.29, 1.82) is 0 Å². The lowest BCUT2D eigenvalue weighted by atomic mass is 9.82. The summed E-state index contributed by atoms with van der Waals surface area (Å²) in [5.74, 6) is 0.960. The second-order valence-corrected chi connectivity index (χ2v) is 3.73. The summed E-state index contributed by atoms with van der Waals surface area (Å²) in [6.45, 7) is 2.82. The van der Waals surface area contributed by atoms with Crippen LogP contribution in [-0.2, 0) is 4.79 Å². The first-order valence-electron chi connectivity index (χ1n) is 4.71. The lowest BCUT2D eigenvalue weighted by Gasteiger charge is -2.33. The van der Waals surface area contributed by atoms with Crippen molar-refractivity contribution in [3.8, 4) is 0 Å². The Hall–Kier alpha value is -0.570. The fourth-order valence-electron chi connectivity index (χ4n) is 1.58. The number of carbonyl (C=O) groups excluding carboxylic acids is 1. The van der Waals surface area contributed by atoms with Crippen LogP contribution in [0.5, 0.6) is 0 Å². The molecular weight excluding hydrogens is 152 g/mol. The first kappa shape index (κ1) is 9.52. The minimum atomic E-state index is 0.164. The fraction of sp³-hybridized carbons (Fsp3) is 0.889. The van der Waals surface area contributed by atoms with E-state index in [-0.39, 0.29) is 5.91 Å². The Balaban J connectivity index is 2.03. The molecule has 1 aliphatic rings. The van der Waals surface area contributed by atoms with Crippen LogP contribution in [0.2, 0.25) is 0 Å². The summed E-state index contributed by atoms with van der Waals surface area (Å²) in [4.78, 5) is 11.1. The predicted molar refractivity (Wildman–Crippen MR) is 48.6 cm³/mol. The summed E-state index contributed by atoms with van der Waals surface area (Å²) in [6, 6.07) is 0.449. The SMILES string of the molecule is CC1CC(NC(=O)CCCN)C1. The van der Waals surface area contributed by atoms with Crippen LogP contribution >= 0.6 is 0 Å². The van der Waals surface area contributed by atoms with Gasteiger partial charge in [0.05, 0.1) is 0 Å². The van der Waals surface area contributed by atoms with Gasteiger partial charge in [0.15, 0.2) is 0 Å². The van der Waals surface area contributed by atoms with Gasteiger partial charge in [-0.25, -0.2) is 0 Å². The fourth-order valence-corrected chi connectivity index (χ4v) is 1.58. The summed E-state index contributed by atoms with van der Waals surface area (Å²) >= 11 is 0. The van der Waals surface area contributed by atoms with Crippen molar-refractivity contribution in [2.75, 3.05) is 6.54 Å².